The minimum Gasteiger partial charge on any atom is -0.493 e. The van der Waals surface area contributed by atoms with Crippen molar-refractivity contribution < 1.29 is 14.6 Å². The largest absolute Gasteiger partial charge is 0.493 e. The summed E-state index contributed by atoms with van der Waals surface area (Å²) in [5, 5.41) is 21.8. The van der Waals surface area contributed by atoms with Crippen LogP contribution in [-0.4, -0.2) is 37.5 Å². The van der Waals surface area contributed by atoms with E-state index in [0.29, 0.717) is 30.2 Å². The Morgan fingerprint density at radius 2 is 2.10 bits per heavy atom. The lowest BCUT2D eigenvalue weighted by atomic mass is 9.99. The van der Waals surface area contributed by atoms with Crippen molar-refractivity contribution in [3.05, 3.63) is 23.8 Å². The zero-order valence-corrected chi connectivity index (χ0v) is 12.4. The molecular formula is C16H22N2O3. The standard InChI is InChI=1S/C16H22N2O3/c1-20-15-10-13(11-17)4-5-14(15)21-9-8-18-16(12-19)6-2-3-7-16/h4-5,10,18-19H,2-3,6-9,12H2,1H3. The Hall–Kier alpha value is -1.77. The van der Waals surface area contributed by atoms with E-state index in [0.717, 1.165) is 25.7 Å². The number of methoxy groups -OCH3 is 1. The first-order chi connectivity index (χ1) is 10.2. The van der Waals surface area contributed by atoms with Crippen LogP contribution in [0.15, 0.2) is 18.2 Å². The number of hydrogen-bond acceptors (Lipinski definition) is 5. The third-order valence-electron chi connectivity index (χ3n) is 4.02. The van der Waals surface area contributed by atoms with E-state index in [9.17, 15) is 5.11 Å². The molecule has 0 bridgehead atoms. The second kappa shape index (κ2) is 7.30. The molecule has 0 unspecified atom stereocenters. The van der Waals surface area contributed by atoms with Gasteiger partial charge in [0.15, 0.2) is 11.5 Å². The number of ether oxygens (including phenoxy) is 2. The smallest absolute Gasteiger partial charge is 0.162 e. The summed E-state index contributed by atoms with van der Waals surface area (Å²) >= 11 is 0. The molecule has 21 heavy (non-hydrogen) atoms. The lowest BCUT2D eigenvalue weighted by Gasteiger charge is -2.28. The zero-order chi connectivity index (χ0) is 15.1. The Balaban J connectivity index is 1.85. The number of nitriles is 1. The van der Waals surface area contributed by atoms with Crippen molar-refractivity contribution in [2.24, 2.45) is 0 Å². The van der Waals surface area contributed by atoms with Crippen LogP contribution in [0.1, 0.15) is 31.2 Å². The maximum atomic E-state index is 9.52. The van der Waals surface area contributed by atoms with Crippen LogP contribution < -0.4 is 14.8 Å². The van der Waals surface area contributed by atoms with E-state index in [1.807, 2.05) is 0 Å². The highest BCUT2D eigenvalue weighted by Gasteiger charge is 2.32. The Labute approximate surface area is 125 Å². The fourth-order valence-electron chi connectivity index (χ4n) is 2.78. The predicted octanol–water partition coefficient (Wildman–Crippen LogP) is 1.84. The predicted molar refractivity (Wildman–Crippen MR) is 79.5 cm³/mol. The summed E-state index contributed by atoms with van der Waals surface area (Å²) in [6.45, 7) is 1.33. The monoisotopic (exact) mass is 290 g/mol. The molecule has 0 aliphatic heterocycles. The van der Waals surface area contributed by atoms with E-state index < -0.39 is 0 Å². The van der Waals surface area contributed by atoms with E-state index in [-0.39, 0.29) is 12.1 Å². The molecule has 0 amide bonds. The van der Waals surface area contributed by atoms with Crippen LogP contribution in [0.25, 0.3) is 0 Å². The maximum Gasteiger partial charge on any atom is 0.162 e. The van der Waals surface area contributed by atoms with Crippen molar-refractivity contribution in [1.82, 2.24) is 5.32 Å². The lowest BCUT2D eigenvalue weighted by molar-refractivity contribution is 0.156. The molecule has 5 heteroatoms. The second-order valence-corrected chi connectivity index (χ2v) is 5.40. The summed E-state index contributed by atoms with van der Waals surface area (Å²) < 4.78 is 10.9. The van der Waals surface area contributed by atoms with Gasteiger partial charge in [-0.05, 0) is 25.0 Å². The molecule has 2 N–H and O–H groups in total. The van der Waals surface area contributed by atoms with Crippen molar-refractivity contribution in [3.63, 3.8) is 0 Å². The molecule has 0 spiro atoms. The van der Waals surface area contributed by atoms with Crippen molar-refractivity contribution >= 4 is 0 Å². The van der Waals surface area contributed by atoms with Gasteiger partial charge in [0.25, 0.3) is 0 Å². The van der Waals surface area contributed by atoms with Gasteiger partial charge in [0.05, 0.1) is 25.3 Å². The molecule has 1 aliphatic carbocycles. The molecule has 5 nitrogen and oxygen atoms in total. The molecule has 0 radical (unpaired) electrons. The van der Waals surface area contributed by atoms with Gasteiger partial charge in [-0.2, -0.15) is 5.26 Å². The third-order valence-corrected chi connectivity index (χ3v) is 4.02. The van der Waals surface area contributed by atoms with Crippen molar-refractivity contribution in [3.8, 4) is 17.6 Å². The highest BCUT2D eigenvalue weighted by Crippen LogP contribution is 2.29. The van der Waals surface area contributed by atoms with Gasteiger partial charge in [-0.3, -0.25) is 0 Å². The third kappa shape index (κ3) is 3.87. The SMILES string of the molecule is COc1cc(C#N)ccc1OCCNC1(CO)CCCC1. The summed E-state index contributed by atoms with van der Waals surface area (Å²) in [5.74, 6) is 1.19. The number of hydrogen-bond donors (Lipinski definition) is 2. The molecule has 1 aliphatic rings. The average Bonchev–Trinajstić information content (AvgIpc) is 3.01. The van der Waals surface area contributed by atoms with Crippen LogP contribution in [-0.2, 0) is 0 Å². The van der Waals surface area contributed by atoms with E-state index >= 15 is 0 Å². The molecule has 0 atom stereocenters. The van der Waals surface area contributed by atoms with Crippen LogP contribution in [0.5, 0.6) is 11.5 Å². The molecule has 1 saturated carbocycles. The molecule has 1 aromatic carbocycles. The molecule has 1 aromatic rings. The van der Waals surface area contributed by atoms with Crippen molar-refractivity contribution in [1.29, 1.82) is 5.26 Å². The fourth-order valence-corrected chi connectivity index (χ4v) is 2.78. The molecule has 0 heterocycles. The normalized spacial score (nSPS) is 16.4. The molecule has 114 valence electrons. The van der Waals surface area contributed by atoms with Crippen LogP contribution in [0.4, 0.5) is 0 Å². The lowest BCUT2D eigenvalue weighted by Crippen LogP contribution is -2.47. The van der Waals surface area contributed by atoms with Gasteiger partial charge in [0.1, 0.15) is 6.61 Å². The summed E-state index contributed by atoms with van der Waals surface area (Å²) in [4.78, 5) is 0. The first-order valence-corrected chi connectivity index (χ1v) is 7.30. The summed E-state index contributed by atoms with van der Waals surface area (Å²) in [6.07, 6.45) is 4.36. The molecule has 0 aromatic heterocycles. The van der Waals surface area contributed by atoms with Gasteiger partial charge in [0, 0.05) is 18.2 Å². The summed E-state index contributed by atoms with van der Waals surface area (Å²) in [6, 6.07) is 7.18. The maximum absolute atomic E-state index is 9.52. The molecule has 0 saturated heterocycles. The van der Waals surface area contributed by atoms with Gasteiger partial charge in [0.2, 0.25) is 0 Å². The molecule has 2 rings (SSSR count). The van der Waals surface area contributed by atoms with Crippen LogP contribution in [0.3, 0.4) is 0 Å². The van der Waals surface area contributed by atoms with Crippen molar-refractivity contribution in [2.45, 2.75) is 31.2 Å². The first kappa shape index (κ1) is 15.6. The van der Waals surface area contributed by atoms with Crippen LogP contribution in [0.2, 0.25) is 0 Å². The minimum atomic E-state index is -0.127. The minimum absolute atomic E-state index is 0.127. The Bertz CT molecular complexity index is 505. The summed E-state index contributed by atoms with van der Waals surface area (Å²) in [7, 11) is 1.56. The van der Waals surface area contributed by atoms with Gasteiger partial charge in [-0.25, -0.2) is 0 Å². The zero-order valence-electron chi connectivity index (χ0n) is 12.4. The van der Waals surface area contributed by atoms with E-state index in [4.69, 9.17) is 14.7 Å². The first-order valence-electron chi connectivity index (χ1n) is 7.30. The van der Waals surface area contributed by atoms with Gasteiger partial charge in [-0.1, -0.05) is 12.8 Å². The number of nitrogens with zero attached hydrogens (tertiary/aromatic N) is 1. The molecular weight excluding hydrogens is 268 g/mol. The topological polar surface area (TPSA) is 74.5 Å². The Morgan fingerprint density at radius 1 is 1.33 bits per heavy atom. The number of benzene rings is 1. The Morgan fingerprint density at radius 3 is 2.71 bits per heavy atom. The number of aliphatic hydroxyl groups is 1. The number of nitrogens with one attached hydrogen (secondary N) is 1. The molecule has 1 fully saturated rings. The summed E-state index contributed by atoms with van der Waals surface area (Å²) in [5.41, 5.74) is 0.417. The quantitative estimate of drug-likeness (QED) is 0.750. The Kier molecular flexibility index (Phi) is 5.43. The van der Waals surface area contributed by atoms with E-state index in [1.54, 1.807) is 25.3 Å². The van der Waals surface area contributed by atoms with Gasteiger partial charge in [-0.15, -0.1) is 0 Å². The van der Waals surface area contributed by atoms with Gasteiger partial charge >= 0.3 is 0 Å². The van der Waals surface area contributed by atoms with Crippen molar-refractivity contribution in [2.75, 3.05) is 26.9 Å². The van der Waals surface area contributed by atoms with E-state index in [1.165, 1.54) is 0 Å². The van der Waals surface area contributed by atoms with Gasteiger partial charge < -0.3 is 19.9 Å². The highest BCUT2D eigenvalue weighted by molar-refractivity contribution is 5.46. The second-order valence-electron chi connectivity index (χ2n) is 5.40. The number of rotatable bonds is 7. The highest BCUT2D eigenvalue weighted by atomic mass is 16.5. The van der Waals surface area contributed by atoms with E-state index in [2.05, 4.69) is 11.4 Å². The average molecular weight is 290 g/mol. The fraction of sp³-hybridized carbons (Fsp3) is 0.562. The van der Waals surface area contributed by atoms with Crippen LogP contribution >= 0.6 is 0 Å². The van der Waals surface area contributed by atoms with Crippen LogP contribution in [0, 0.1) is 11.3 Å². The number of aliphatic hydroxyl groups excluding tert-OH is 1.